The van der Waals surface area contributed by atoms with Crippen LogP contribution in [0.3, 0.4) is 0 Å². The van der Waals surface area contributed by atoms with Gasteiger partial charge in [0.2, 0.25) is 5.91 Å². The van der Waals surface area contributed by atoms with Crippen molar-refractivity contribution in [3.8, 4) is 0 Å². The van der Waals surface area contributed by atoms with Gasteiger partial charge in [0, 0.05) is 36.6 Å². The lowest BCUT2D eigenvalue weighted by atomic mass is 10.1. The summed E-state index contributed by atoms with van der Waals surface area (Å²) >= 11 is 1.79. The highest BCUT2D eigenvalue weighted by atomic mass is 32.1. The van der Waals surface area contributed by atoms with Crippen LogP contribution in [0.1, 0.15) is 17.7 Å². The monoisotopic (exact) mass is 527 g/mol. The van der Waals surface area contributed by atoms with Crippen LogP contribution in [0.2, 0.25) is 0 Å². The molecule has 1 amide bonds. The van der Waals surface area contributed by atoms with E-state index in [0.717, 1.165) is 25.2 Å². The van der Waals surface area contributed by atoms with Crippen molar-refractivity contribution in [1.82, 2.24) is 9.88 Å². The van der Waals surface area contributed by atoms with Crippen molar-refractivity contribution in [3.05, 3.63) is 46.9 Å². The summed E-state index contributed by atoms with van der Waals surface area (Å²) in [4.78, 5) is 40.2. The average molecular weight is 527 g/mol. The van der Waals surface area contributed by atoms with Gasteiger partial charge in [-0.2, -0.15) is 26.3 Å². The Morgan fingerprint density at radius 3 is 2.09 bits per heavy atom. The molecule has 2 N–H and O–H groups in total. The molecule has 4 heterocycles. The molecule has 0 saturated carbocycles. The van der Waals surface area contributed by atoms with Crippen molar-refractivity contribution in [2.45, 2.75) is 43.8 Å². The molecule has 0 aliphatic carbocycles. The SMILES string of the molecule is O=C(O)C(F)(F)F.O=C(O)C(F)(F)F.O=C1C[C@H]2[C@@H](CCN2Cc2cccs2)N1c1cccnc1. The highest BCUT2D eigenvalue weighted by Crippen LogP contribution is 2.36. The zero-order valence-corrected chi connectivity index (χ0v) is 18.5. The van der Waals surface area contributed by atoms with Crippen LogP contribution in [0.25, 0.3) is 0 Å². The molecule has 2 fully saturated rings. The standard InChI is InChI=1S/C16H17N3OS.2C2HF3O2/c20-16-9-15-14(19(16)12-3-1-6-17-10-12)5-7-18(15)11-13-4-2-8-21-13;2*3-2(4,5)1(6)7/h1-4,6,8,10,14-15H,5,7,9,11H2;2*(H,6,7)/t14-,15+;;/m1../s1. The predicted molar refractivity (Wildman–Crippen MR) is 111 cm³/mol. The number of aliphatic carboxylic acids is 2. The minimum atomic E-state index is -5.08. The number of rotatable bonds is 3. The molecule has 2 aliphatic heterocycles. The third-order valence-electron chi connectivity index (χ3n) is 4.96. The molecule has 35 heavy (non-hydrogen) atoms. The Morgan fingerprint density at radius 2 is 1.63 bits per heavy atom. The molecule has 2 saturated heterocycles. The number of amides is 1. The number of carboxylic acids is 2. The molecule has 0 aromatic carbocycles. The minimum Gasteiger partial charge on any atom is -0.475 e. The van der Waals surface area contributed by atoms with Crippen LogP contribution in [0.4, 0.5) is 32.0 Å². The second-order valence-corrected chi connectivity index (χ2v) is 8.29. The summed E-state index contributed by atoms with van der Waals surface area (Å²) in [6.45, 7) is 2.03. The highest BCUT2D eigenvalue weighted by Gasteiger charge is 2.47. The zero-order chi connectivity index (χ0) is 26.4. The second kappa shape index (κ2) is 11.5. The van der Waals surface area contributed by atoms with Crippen LogP contribution >= 0.6 is 11.3 Å². The van der Waals surface area contributed by atoms with E-state index < -0.39 is 24.3 Å². The lowest BCUT2D eigenvalue weighted by molar-refractivity contribution is -0.193. The number of carbonyl (C=O) groups is 3. The normalized spacial score (nSPS) is 19.8. The number of thiophene rings is 1. The van der Waals surface area contributed by atoms with Crippen molar-refractivity contribution in [1.29, 1.82) is 0 Å². The molecule has 4 rings (SSSR count). The quantitative estimate of drug-likeness (QED) is 0.585. The largest absolute Gasteiger partial charge is 0.490 e. The van der Waals surface area contributed by atoms with E-state index in [1.807, 2.05) is 17.0 Å². The van der Waals surface area contributed by atoms with Crippen LogP contribution in [-0.2, 0) is 20.9 Å². The van der Waals surface area contributed by atoms with E-state index in [0.29, 0.717) is 18.5 Å². The number of halogens is 6. The summed E-state index contributed by atoms with van der Waals surface area (Å²) in [7, 11) is 0. The molecule has 15 heteroatoms. The van der Waals surface area contributed by atoms with E-state index in [-0.39, 0.29) is 5.91 Å². The maximum Gasteiger partial charge on any atom is 0.490 e. The number of aromatic nitrogens is 1. The van der Waals surface area contributed by atoms with Crippen LogP contribution < -0.4 is 4.90 Å². The van der Waals surface area contributed by atoms with Gasteiger partial charge in [-0.1, -0.05) is 6.07 Å². The average Bonchev–Trinajstić information content (AvgIpc) is 3.47. The van der Waals surface area contributed by atoms with Crippen molar-refractivity contribution in [2.75, 3.05) is 11.4 Å². The summed E-state index contributed by atoms with van der Waals surface area (Å²) < 4.78 is 63.5. The van der Waals surface area contributed by atoms with E-state index in [1.54, 1.807) is 23.7 Å². The van der Waals surface area contributed by atoms with Crippen molar-refractivity contribution in [3.63, 3.8) is 0 Å². The predicted octanol–water partition coefficient (Wildman–Crippen LogP) is 3.79. The summed E-state index contributed by atoms with van der Waals surface area (Å²) in [5.74, 6) is -5.28. The Hall–Kier alpha value is -3.20. The smallest absolute Gasteiger partial charge is 0.475 e. The molecule has 0 spiro atoms. The summed E-state index contributed by atoms with van der Waals surface area (Å²) in [5, 5.41) is 16.4. The molecule has 192 valence electrons. The van der Waals surface area contributed by atoms with Crippen molar-refractivity contribution in [2.24, 2.45) is 0 Å². The molecule has 2 aromatic rings. The van der Waals surface area contributed by atoms with Gasteiger partial charge >= 0.3 is 24.3 Å². The zero-order valence-electron chi connectivity index (χ0n) is 17.7. The molecule has 0 unspecified atom stereocenters. The number of pyridine rings is 1. The van der Waals surface area contributed by atoms with Crippen LogP contribution in [0, 0.1) is 0 Å². The lowest BCUT2D eigenvalue weighted by Gasteiger charge is -2.25. The second-order valence-electron chi connectivity index (χ2n) is 7.26. The van der Waals surface area contributed by atoms with Gasteiger partial charge in [0.25, 0.3) is 0 Å². The maximum absolute atomic E-state index is 12.4. The van der Waals surface area contributed by atoms with Gasteiger partial charge < -0.3 is 15.1 Å². The fraction of sp³-hybridized carbons (Fsp3) is 0.400. The molecule has 2 atom stereocenters. The van der Waals surface area contributed by atoms with E-state index in [9.17, 15) is 31.1 Å². The number of fused-ring (bicyclic) bond motifs is 1. The van der Waals surface area contributed by atoms with E-state index in [2.05, 4.69) is 27.4 Å². The first-order valence-corrected chi connectivity index (χ1v) is 10.7. The molecular formula is C20H19F6N3O5S. The van der Waals surface area contributed by atoms with E-state index in [1.165, 1.54) is 4.88 Å². The van der Waals surface area contributed by atoms with Crippen LogP contribution in [0.15, 0.2) is 42.0 Å². The first-order chi connectivity index (χ1) is 16.2. The third-order valence-corrected chi connectivity index (χ3v) is 5.82. The number of carbonyl (C=O) groups excluding carboxylic acids is 1. The molecule has 0 bridgehead atoms. The fourth-order valence-electron chi connectivity index (χ4n) is 3.56. The maximum atomic E-state index is 12.4. The lowest BCUT2D eigenvalue weighted by Crippen LogP contribution is -2.37. The number of nitrogens with zero attached hydrogens (tertiary/aromatic N) is 3. The topological polar surface area (TPSA) is 111 Å². The summed E-state index contributed by atoms with van der Waals surface area (Å²) in [6, 6.07) is 8.80. The number of likely N-dealkylation sites (tertiary alicyclic amines) is 1. The number of hydrogen-bond donors (Lipinski definition) is 2. The first kappa shape index (κ1) is 28.0. The Bertz CT molecular complexity index is 977. The Labute approximate surface area is 198 Å². The van der Waals surface area contributed by atoms with Gasteiger partial charge in [-0.25, -0.2) is 9.59 Å². The molecule has 2 aromatic heterocycles. The third kappa shape index (κ3) is 7.92. The van der Waals surface area contributed by atoms with E-state index in [4.69, 9.17) is 19.8 Å². The van der Waals surface area contributed by atoms with Gasteiger partial charge in [0.1, 0.15) is 0 Å². The first-order valence-electron chi connectivity index (χ1n) is 9.80. The number of carboxylic acid groups (broad SMARTS) is 2. The Balaban J connectivity index is 0.000000257. The van der Waals surface area contributed by atoms with Gasteiger partial charge in [0.05, 0.1) is 17.9 Å². The Kier molecular flexibility index (Phi) is 9.20. The molecule has 8 nitrogen and oxygen atoms in total. The Morgan fingerprint density at radius 1 is 1.03 bits per heavy atom. The van der Waals surface area contributed by atoms with Gasteiger partial charge in [-0.3, -0.25) is 14.7 Å². The van der Waals surface area contributed by atoms with Gasteiger partial charge in [-0.15, -0.1) is 11.3 Å². The van der Waals surface area contributed by atoms with Gasteiger partial charge in [0.15, 0.2) is 0 Å². The fourth-order valence-corrected chi connectivity index (χ4v) is 4.29. The van der Waals surface area contributed by atoms with Crippen molar-refractivity contribution < 1.29 is 50.9 Å². The van der Waals surface area contributed by atoms with Crippen LogP contribution in [-0.4, -0.2) is 68.9 Å². The van der Waals surface area contributed by atoms with Gasteiger partial charge in [-0.05, 0) is 30.0 Å². The highest BCUT2D eigenvalue weighted by molar-refractivity contribution is 7.09. The number of hydrogen-bond acceptors (Lipinski definition) is 6. The van der Waals surface area contributed by atoms with Crippen molar-refractivity contribution >= 4 is 34.9 Å². The number of anilines is 1. The minimum absolute atomic E-state index is 0.230. The molecule has 0 radical (unpaired) electrons. The van der Waals surface area contributed by atoms with Crippen LogP contribution in [0.5, 0.6) is 0 Å². The molecular weight excluding hydrogens is 508 g/mol. The number of alkyl halides is 6. The summed E-state index contributed by atoms with van der Waals surface area (Å²) in [6.07, 6.45) is -4.94. The summed E-state index contributed by atoms with van der Waals surface area (Å²) in [5.41, 5.74) is 0.938. The molecule has 2 aliphatic rings. The van der Waals surface area contributed by atoms with E-state index >= 15 is 0 Å².